The number of carbonyl (C=O) groups is 2. The summed E-state index contributed by atoms with van der Waals surface area (Å²) in [6.07, 6.45) is 7.45. The fraction of sp³-hybridized carbons (Fsp3) is 0.722. The van der Waals surface area contributed by atoms with Crippen LogP contribution in [0.1, 0.15) is 53.6 Å². The van der Waals surface area contributed by atoms with Gasteiger partial charge in [-0.05, 0) is 38.5 Å². The minimum absolute atomic E-state index is 0.0104. The molecule has 1 aliphatic carbocycles. The van der Waals surface area contributed by atoms with Crippen LogP contribution in [0.25, 0.3) is 0 Å². The van der Waals surface area contributed by atoms with Crippen LogP contribution in [-0.2, 0) is 17.6 Å². The number of amides is 3. The number of thiazole rings is 1. The Morgan fingerprint density at radius 2 is 2.08 bits per heavy atom. The first-order valence-corrected chi connectivity index (χ1v) is 10.3. The number of urea groups is 1. The van der Waals surface area contributed by atoms with E-state index in [4.69, 9.17) is 4.98 Å². The Kier molecular flexibility index (Phi) is 4.92. The predicted octanol–water partition coefficient (Wildman–Crippen LogP) is 2.05. The van der Waals surface area contributed by atoms with Crippen LogP contribution in [0.4, 0.5) is 4.79 Å². The smallest absolute Gasteiger partial charge is 0.317 e. The molecule has 3 amide bonds. The lowest BCUT2D eigenvalue weighted by Crippen LogP contribution is -2.45. The summed E-state index contributed by atoms with van der Waals surface area (Å²) in [5, 5.41) is 7.09. The van der Waals surface area contributed by atoms with E-state index in [0.29, 0.717) is 25.4 Å². The Labute approximate surface area is 152 Å². The average Bonchev–Trinajstić information content (AvgIpc) is 3.25. The van der Waals surface area contributed by atoms with Crippen molar-refractivity contribution < 1.29 is 9.59 Å². The van der Waals surface area contributed by atoms with E-state index in [1.807, 2.05) is 16.2 Å². The predicted molar refractivity (Wildman–Crippen MR) is 96.8 cm³/mol. The van der Waals surface area contributed by atoms with Crippen molar-refractivity contribution in [1.82, 2.24) is 20.5 Å². The van der Waals surface area contributed by atoms with Crippen LogP contribution in [-0.4, -0.2) is 48.0 Å². The van der Waals surface area contributed by atoms with Crippen LogP contribution in [0.5, 0.6) is 0 Å². The number of carbonyl (C=O) groups excluding carboxylic acids is 2. The number of likely N-dealkylation sites (tertiary alicyclic amines) is 1. The fourth-order valence-corrected chi connectivity index (χ4v) is 5.35. The van der Waals surface area contributed by atoms with E-state index in [1.54, 1.807) is 0 Å². The Morgan fingerprint density at radius 1 is 1.28 bits per heavy atom. The van der Waals surface area contributed by atoms with E-state index in [9.17, 15) is 9.59 Å². The molecule has 3 aliphatic rings. The number of hydrogen-bond donors (Lipinski definition) is 2. The van der Waals surface area contributed by atoms with Gasteiger partial charge in [-0.2, -0.15) is 0 Å². The summed E-state index contributed by atoms with van der Waals surface area (Å²) in [5.41, 5.74) is 1.34. The summed E-state index contributed by atoms with van der Waals surface area (Å²) in [6, 6.07) is 0.0104. The van der Waals surface area contributed by atoms with Crippen LogP contribution in [0.3, 0.4) is 0 Å². The van der Waals surface area contributed by atoms with Crippen molar-refractivity contribution in [2.75, 3.05) is 26.2 Å². The number of nitrogens with zero attached hydrogens (tertiary/aromatic N) is 2. The van der Waals surface area contributed by atoms with Crippen molar-refractivity contribution in [3.63, 3.8) is 0 Å². The molecule has 4 rings (SSSR count). The van der Waals surface area contributed by atoms with E-state index < -0.39 is 0 Å². The zero-order chi connectivity index (χ0) is 17.2. The molecule has 1 unspecified atom stereocenters. The maximum absolute atomic E-state index is 12.3. The first-order chi connectivity index (χ1) is 12.2. The van der Waals surface area contributed by atoms with Gasteiger partial charge in [0.25, 0.3) is 0 Å². The molecule has 1 aromatic heterocycles. The minimum atomic E-state index is 0.0104. The van der Waals surface area contributed by atoms with Crippen LogP contribution >= 0.6 is 11.3 Å². The third-order valence-corrected chi connectivity index (χ3v) is 6.92. The Hall–Kier alpha value is -1.63. The molecular weight excluding hydrogens is 336 g/mol. The summed E-state index contributed by atoms with van der Waals surface area (Å²) in [4.78, 5) is 31.9. The van der Waals surface area contributed by atoms with Gasteiger partial charge in [-0.15, -0.1) is 11.3 Å². The topological polar surface area (TPSA) is 74.3 Å². The zero-order valence-corrected chi connectivity index (χ0v) is 15.4. The number of aromatic nitrogens is 1. The van der Waals surface area contributed by atoms with Gasteiger partial charge in [0.05, 0.1) is 10.7 Å². The van der Waals surface area contributed by atoms with E-state index >= 15 is 0 Å². The second kappa shape index (κ2) is 7.32. The number of piperidine rings is 1. The molecule has 2 saturated heterocycles. The fourth-order valence-electron chi connectivity index (χ4n) is 4.03. The molecule has 0 bridgehead atoms. The van der Waals surface area contributed by atoms with E-state index in [0.717, 1.165) is 32.4 Å². The largest absolute Gasteiger partial charge is 0.356 e. The molecule has 0 saturated carbocycles. The van der Waals surface area contributed by atoms with E-state index in [-0.39, 0.29) is 17.9 Å². The number of fused-ring (bicyclic) bond motifs is 1. The Balaban J connectivity index is 1.25. The zero-order valence-electron chi connectivity index (χ0n) is 14.6. The van der Waals surface area contributed by atoms with Gasteiger partial charge in [-0.25, -0.2) is 9.78 Å². The molecule has 7 heteroatoms. The van der Waals surface area contributed by atoms with Gasteiger partial charge in [-0.1, -0.05) is 0 Å². The molecule has 3 heterocycles. The van der Waals surface area contributed by atoms with E-state index in [1.165, 1.54) is 34.8 Å². The Morgan fingerprint density at radius 3 is 2.80 bits per heavy atom. The SMILES string of the molecule is O=C1CC(CNC(=O)N2CCC(c3nc4c(s3)CCCC4)CC2)CN1. The maximum atomic E-state index is 12.3. The summed E-state index contributed by atoms with van der Waals surface area (Å²) >= 11 is 1.91. The summed E-state index contributed by atoms with van der Waals surface area (Å²) < 4.78 is 0. The molecule has 25 heavy (non-hydrogen) atoms. The van der Waals surface area contributed by atoms with Gasteiger partial charge in [-0.3, -0.25) is 4.79 Å². The monoisotopic (exact) mass is 362 g/mol. The average molecular weight is 362 g/mol. The van der Waals surface area contributed by atoms with Gasteiger partial charge < -0.3 is 15.5 Å². The normalized spacial score (nSPS) is 24.1. The van der Waals surface area contributed by atoms with Crippen LogP contribution in [0, 0.1) is 5.92 Å². The lowest BCUT2D eigenvalue weighted by atomic mass is 9.97. The third kappa shape index (κ3) is 3.81. The second-order valence-electron chi connectivity index (χ2n) is 7.45. The molecular formula is C18H26N4O2S. The Bertz CT molecular complexity index is 628. The molecule has 0 aromatic carbocycles. The van der Waals surface area contributed by atoms with Gasteiger partial charge in [0.2, 0.25) is 5.91 Å². The highest BCUT2D eigenvalue weighted by Crippen LogP contribution is 2.35. The molecule has 1 aromatic rings. The first kappa shape index (κ1) is 16.8. The van der Waals surface area contributed by atoms with Crippen LogP contribution in [0.15, 0.2) is 0 Å². The standard InChI is InChI=1S/C18H26N4O2S/c23-16-9-12(10-19-16)11-20-18(24)22-7-5-13(6-8-22)17-21-14-3-1-2-4-15(14)25-17/h12-13H,1-11H2,(H,19,23)(H,20,24). The lowest BCUT2D eigenvalue weighted by Gasteiger charge is -2.31. The van der Waals surface area contributed by atoms with Crippen molar-refractivity contribution in [3.8, 4) is 0 Å². The van der Waals surface area contributed by atoms with Crippen molar-refractivity contribution in [2.24, 2.45) is 5.92 Å². The first-order valence-electron chi connectivity index (χ1n) is 9.47. The molecule has 6 nitrogen and oxygen atoms in total. The summed E-state index contributed by atoms with van der Waals surface area (Å²) in [5.74, 6) is 0.832. The van der Waals surface area contributed by atoms with Gasteiger partial charge in [0, 0.05) is 49.3 Å². The van der Waals surface area contributed by atoms with Gasteiger partial charge in [0.15, 0.2) is 0 Å². The highest BCUT2D eigenvalue weighted by atomic mass is 32.1. The van der Waals surface area contributed by atoms with Crippen LogP contribution in [0.2, 0.25) is 0 Å². The van der Waals surface area contributed by atoms with Gasteiger partial charge in [0.1, 0.15) is 0 Å². The summed E-state index contributed by atoms with van der Waals surface area (Å²) in [7, 11) is 0. The molecule has 0 spiro atoms. The van der Waals surface area contributed by atoms with Crippen molar-refractivity contribution in [3.05, 3.63) is 15.6 Å². The molecule has 136 valence electrons. The third-order valence-electron chi connectivity index (χ3n) is 5.60. The molecule has 2 N–H and O–H groups in total. The molecule has 1 atom stereocenters. The number of rotatable bonds is 3. The molecule has 0 radical (unpaired) electrons. The summed E-state index contributed by atoms with van der Waals surface area (Å²) in [6.45, 7) is 2.85. The number of aryl methyl sites for hydroxylation is 2. The maximum Gasteiger partial charge on any atom is 0.317 e. The highest BCUT2D eigenvalue weighted by molar-refractivity contribution is 7.11. The second-order valence-corrected chi connectivity index (χ2v) is 8.57. The van der Waals surface area contributed by atoms with Gasteiger partial charge >= 0.3 is 6.03 Å². The van der Waals surface area contributed by atoms with Crippen molar-refractivity contribution in [1.29, 1.82) is 0 Å². The van der Waals surface area contributed by atoms with Crippen LogP contribution < -0.4 is 10.6 Å². The number of hydrogen-bond acceptors (Lipinski definition) is 4. The lowest BCUT2D eigenvalue weighted by molar-refractivity contribution is -0.119. The quantitative estimate of drug-likeness (QED) is 0.864. The molecule has 2 aliphatic heterocycles. The molecule has 2 fully saturated rings. The van der Waals surface area contributed by atoms with Crippen molar-refractivity contribution >= 4 is 23.3 Å². The highest BCUT2D eigenvalue weighted by Gasteiger charge is 2.28. The number of nitrogens with one attached hydrogen (secondary N) is 2. The minimum Gasteiger partial charge on any atom is -0.356 e. The van der Waals surface area contributed by atoms with E-state index in [2.05, 4.69) is 10.6 Å². The van der Waals surface area contributed by atoms with Crippen molar-refractivity contribution in [2.45, 2.75) is 50.9 Å².